The highest BCUT2D eigenvalue weighted by Crippen LogP contribution is 2.25. The van der Waals surface area contributed by atoms with E-state index in [1.165, 1.54) is 25.7 Å². The van der Waals surface area contributed by atoms with Crippen LogP contribution in [0.25, 0.3) is 0 Å². The molecule has 1 aliphatic rings. The highest BCUT2D eigenvalue weighted by molar-refractivity contribution is 5.14. The topological polar surface area (TPSA) is 50.1 Å². The van der Waals surface area contributed by atoms with Crippen LogP contribution in [0.3, 0.4) is 0 Å². The van der Waals surface area contributed by atoms with Gasteiger partial charge in [0.05, 0.1) is 6.20 Å². The average Bonchev–Trinajstić information content (AvgIpc) is 2.76. The van der Waals surface area contributed by atoms with E-state index in [4.69, 9.17) is 0 Å². The molecular formula is C14H25N3O. The number of nitrogens with one attached hydrogen (secondary N) is 1. The molecule has 0 amide bonds. The first kappa shape index (κ1) is 13.6. The second-order valence-corrected chi connectivity index (χ2v) is 5.93. The lowest BCUT2D eigenvalue weighted by molar-refractivity contribution is 0.0494. The number of aliphatic hydroxyl groups is 1. The van der Waals surface area contributed by atoms with Crippen LogP contribution in [0.2, 0.25) is 0 Å². The molecule has 4 heteroatoms. The Kier molecular flexibility index (Phi) is 4.07. The lowest BCUT2D eigenvalue weighted by atomic mass is 9.85. The Labute approximate surface area is 109 Å². The van der Waals surface area contributed by atoms with Gasteiger partial charge in [0.1, 0.15) is 5.60 Å². The molecule has 1 aliphatic carbocycles. The van der Waals surface area contributed by atoms with Crippen LogP contribution in [0.1, 0.15) is 45.1 Å². The van der Waals surface area contributed by atoms with Gasteiger partial charge in [0, 0.05) is 31.4 Å². The maximum atomic E-state index is 10.5. The molecule has 3 unspecified atom stereocenters. The van der Waals surface area contributed by atoms with E-state index in [9.17, 15) is 5.11 Å². The summed E-state index contributed by atoms with van der Waals surface area (Å²) in [5, 5.41) is 18.2. The third-order valence-electron chi connectivity index (χ3n) is 4.15. The summed E-state index contributed by atoms with van der Waals surface area (Å²) in [4.78, 5) is 0. The third-order valence-corrected chi connectivity index (χ3v) is 4.15. The summed E-state index contributed by atoms with van der Waals surface area (Å²) in [5.41, 5.74) is 0.0341. The molecule has 1 saturated carbocycles. The first-order valence-corrected chi connectivity index (χ1v) is 6.94. The molecule has 18 heavy (non-hydrogen) atoms. The first-order valence-electron chi connectivity index (χ1n) is 6.94. The van der Waals surface area contributed by atoms with Crippen molar-refractivity contribution in [3.05, 3.63) is 18.0 Å². The Morgan fingerprint density at radius 1 is 1.50 bits per heavy atom. The molecule has 0 bridgehead atoms. The van der Waals surface area contributed by atoms with Crippen molar-refractivity contribution in [2.45, 2.75) is 51.2 Å². The highest BCUT2D eigenvalue weighted by Gasteiger charge is 2.28. The number of hydrogen-bond acceptors (Lipinski definition) is 3. The molecule has 0 aliphatic heterocycles. The van der Waals surface area contributed by atoms with Gasteiger partial charge in [-0.1, -0.05) is 19.8 Å². The second kappa shape index (κ2) is 5.41. The second-order valence-electron chi connectivity index (χ2n) is 5.93. The molecule has 0 saturated heterocycles. The van der Waals surface area contributed by atoms with Gasteiger partial charge in [0.15, 0.2) is 0 Å². The normalized spacial score (nSPS) is 28.0. The molecule has 0 spiro atoms. The first-order chi connectivity index (χ1) is 8.49. The van der Waals surface area contributed by atoms with Crippen molar-refractivity contribution in [3.63, 3.8) is 0 Å². The van der Waals surface area contributed by atoms with Crippen molar-refractivity contribution in [1.82, 2.24) is 15.1 Å². The lowest BCUT2D eigenvalue weighted by Crippen LogP contribution is -2.44. The zero-order valence-corrected chi connectivity index (χ0v) is 11.7. The van der Waals surface area contributed by atoms with Gasteiger partial charge in [-0.25, -0.2) is 0 Å². The number of aryl methyl sites for hydroxylation is 1. The van der Waals surface area contributed by atoms with Gasteiger partial charge >= 0.3 is 0 Å². The predicted molar refractivity (Wildman–Crippen MR) is 72.2 cm³/mol. The molecule has 2 rings (SSSR count). The van der Waals surface area contributed by atoms with Gasteiger partial charge in [-0.2, -0.15) is 5.10 Å². The number of rotatable bonds is 4. The fraction of sp³-hybridized carbons (Fsp3) is 0.786. The van der Waals surface area contributed by atoms with E-state index in [1.807, 2.05) is 20.2 Å². The molecule has 102 valence electrons. The van der Waals surface area contributed by atoms with Gasteiger partial charge in [-0.05, 0) is 25.7 Å². The van der Waals surface area contributed by atoms with E-state index in [0.29, 0.717) is 18.5 Å². The van der Waals surface area contributed by atoms with E-state index >= 15 is 0 Å². The lowest BCUT2D eigenvalue weighted by Gasteiger charge is -2.32. The van der Waals surface area contributed by atoms with E-state index in [0.717, 1.165) is 5.56 Å². The quantitative estimate of drug-likeness (QED) is 0.858. The van der Waals surface area contributed by atoms with Crippen LogP contribution in [0.5, 0.6) is 0 Å². The van der Waals surface area contributed by atoms with Crippen LogP contribution in [0, 0.1) is 5.92 Å². The Morgan fingerprint density at radius 3 is 2.83 bits per heavy atom. The zero-order valence-electron chi connectivity index (χ0n) is 11.7. The van der Waals surface area contributed by atoms with Gasteiger partial charge in [0.2, 0.25) is 0 Å². The Morgan fingerprint density at radius 2 is 2.22 bits per heavy atom. The summed E-state index contributed by atoms with van der Waals surface area (Å²) in [5.74, 6) is 0.712. The Hall–Kier alpha value is -0.870. The van der Waals surface area contributed by atoms with Crippen LogP contribution in [-0.4, -0.2) is 27.5 Å². The van der Waals surface area contributed by atoms with E-state index in [2.05, 4.69) is 17.3 Å². The molecular weight excluding hydrogens is 226 g/mol. The fourth-order valence-corrected chi connectivity index (χ4v) is 2.75. The summed E-state index contributed by atoms with van der Waals surface area (Å²) < 4.78 is 1.73. The summed E-state index contributed by atoms with van der Waals surface area (Å²) in [6.07, 6.45) is 8.80. The number of nitrogens with zero attached hydrogens (tertiary/aromatic N) is 2. The fourth-order valence-electron chi connectivity index (χ4n) is 2.75. The minimum atomic E-state index is -0.842. The van der Waals surface area contributed by atoms with Crippen LogP contribution in [0.4, 0.5) is 0 Å². The maximum Gasteiger partial charge on any atom is 0.102 e. The van der Waals surface area contributed by atoms with Crippen LogP contribution >= 0.6 is 0 Å². The molecule has 3 atom stereocenters. The van der Waals surface area contributed by atoms with Gasteiger partial charge < -0.3 is 10.4 Å². The van der Waals surface area contributed by atoms with Crippen molar-refractivity contribution in [2.24, 2.45) is 13.0 Å². The van der Waals surface area contributed by atoms with Crippen molar-refractivity contribution >= 4 is 0 Å². The van der Waals surface area contributed by atoms with Crippen molar-refractivity contribution in [1.29, 1.82) is 0 Å². The van der Waals surface area contributed by atoms with Crippen molar-refractivity contribution in [3.8, 4) is 0 Å². The molecule has 4 nitrogen and oxygen atoms in total. The molecule has 1 aromatic heterocycles. The minimum absolute atomic E-state index is 0.543. The zero-order chi connectivity index (χ0) is 13.2. The highest BCUT2D eigenvalue weighted by atomic mass is 16.3. The smallest absolute Gasteiger partial charge is 0.102 e. The van der Waals surface area contributed by atoms with Crippen LogP contribution in [0.15, 0.2) is 12.4 Å². The summed E-state index contributed by atoms with van der Waals surface area (Å²) in [6.45, 7) is 4.74. The average molecular weight is 251 g/mol. The molecule has 1 aromatic rings. The molecule has 1 heterocycles. The van der Waals surface area contributed by atoms with Crippen molar-refractivity contribution in [2.75, 3.05) is 6.54 Å². The molecule has 2 N–H and O–H groups in total. The molecule has 0 aromatic carbocycles. The van der Waals surface area contributed by atoms with E-state index < -0.39 is 5.60 Å². The van der Waals surface area contributed by atoms with Gasteiger partial charge in [-0.15, -0.1) is 0 Å². The molecule has 0 radical (unpaired) electrons. The standard InChI is InChI=1S/C14H25N3O/c1-11-6-4-5-7-13(11)15-10-14(2,18)12-8-16-17(3)9-12/h8-9,11,13,15,18H,4-7,10H2,1-3H3. The largest absolute Gasteiger partial charge is 0.384 e. The van der Waals surface area contributed by atoms with Crippen LogP contribution < -0.4 is 5.32 Å². The SMILES string of the molecule is CC1CCCCC1NCC(C)(O)c1cnn(C)c1. The monoisotopic (exact) mass is 251 g/mol. The number of aromatic nitrogens is 2. The maximum absolute atomic E-state index is 10.5. The van der Waals surface area contributed by atoms with Crippen LogP contribution in [-0.2, 0) is 12.6 Å². The summed E-state index contributed by atoms with van der Waals surface area (Å²) >= 11 is 0. The molecule has 1 fully saturated rings. The van der Waals surface area contributed by atoms with Crippen molar-refractivity contribution < 1.29 is 5.11 Å². The predicted octanol–water partition coefficient (Wildman–Crippen LogP) is 1.80. The number of hydrogen-bond donors (Lipinski definition) is 2. The third kappa shape index (κ3) is 3.12. The Bertz CT molecular complexity index is 386. The summed E-state index contributed by atoms with van der Waals surface area (Å²) in [6, 6.07) is 0.543. The van der Waals surface area contributed by atoms with E-state index in [1.54, 1.807) is 10.9 Å². The van der Waals surface area contributed by atoms with Gasteiger partial charge in [0.25, 0.3) is 0 Å². The van der Waals surface area contributed by atoms with E-state index in [-0.39, 0.29) is 0 Å². The van der Waals surface area contributed by atoms with Gasteiger partial charge in [-0.3, -0.25) is 4.68 Å². The summed E-state index contributed by atoms with van der Waals surface area (Å²) in [7, 11) is 1.87. The Balaban J connectivity index is 1.92. The minimum Gasteiger partial charge on any atom is -0.384 e.